The minimum Gasteiger partial charge on any atom is -0.384 e. The Bertz CT molecular complexity index is 490. The molecule has 3 nitrogen and oxygen atoms in total. The Morgan fingerprint density at radius 2 is 2.05 bits per heavy atom. The van der Waals surface area contributed by atoms with Gasteiger partial charge in [-0.15, -0.1) is 0 Å². The van der Waals surface area contributed by atoms with Crippen molar-refractivity contribution in [3.8, 4) is 0 Å². The van der Waals surface area contributed by atoms with Crippen molar-refractivity contribution in [2.45, 2.75) is 51.0 Å². The zero-order valence-electron chi connectivity index (χ0n) is 11.6. The highest BCUT2D eigenvalue weighted by atomic mass is 16.1. The van der Waals surface area contributed by atoms with Crippen LogP contribution in [0.5, 0.6) is 0 Å². The molecular weight excluding hydrogens is 236 g/mol. The third-order valence-corrected chi connectivity index (χ3v) is 4.45. The maximum Gasteiger partial charge on any atom is 0.251 e. The number of nitrogens with one attached hydrogen (secondary N) is 2. The number of hydrogen-bond donors (Lipinski definition) is 2. The van der Waals surface area contributed by atoms with Crippen LogP contribution in [0.4, 0.5) is 5.69 Å². The number of anilines is 1. The van der Waals surface area contributed by atoms with Crippen LogP contribution in [-0.2, 0) is 6.42 Å². The summed E-state index contributed by atoms with van der Waals surface area (Å²) in [6, 6.07) is 6.02. The summed E-state index contributed by atoms with van der Waals surface area (Å²) in [5.74, 6) is 0.0703. The first-order chi connectivity index (χ1) is 9.16. The highest BCUT2D eigenvalue weighted by Crippen LogP contribution is 2.28. The minimum absolute atomic E-state index is 0.0121. The normalized spacial score (nSPS) is 20.5. The number of hydrogen-bond acceptors (Lipinski definition) is 2. The molecule has 1 heterocycles. The van der Waals surface area contributed by atoms with Gasteiger partial charge in [0.25, 0.3) is 5.91 Å². The predicted molar refractivity (Wildman–Crippen MR) is 77.6 cm³/mol. The molecule has 0 unspecified atom stereocenters. The second-order valence-electron chi connectivity index (χ2n) is 6.12. The molecule has 0 spiro atoms. The first kappa shape index (κ1) is 12.5. The van der Waals surface area contributed by atoms with Crippen LogP contribution in [-0.4, -0.2) is 18.0 Å². The molecule has 2 aliphatic rings. The topological polar surface area (TPSA) is 41.1 Å². The molecule has 1 aliphatic heterocycles. The lowest BCUT2D eigenvalue weighted by Gasteiger charge is -2.34. The van der Waals surface area contributed by atoms with Crippen LogP contribution in [0.2, 0.25) is 0 Å². The second kappa shape index (κ2) is 4.87. The van der Waals surface area contributed by atoms with Gasteiger partial charge in [-0.25, -0.2) is 0 Å². The van der Waals surface area contributed by atoms with Crippen molar-refractivity contribution >= 4 is 11.6 Å². The lowest BCUT2D eigenvalue weighted by Crippen LogP contribution is -2.47. The van der Waals surface area contributed by atoms with Crippen LogP contribution < -0.4 is 10.6 Å². The zero-order chi connectivity index (χ0) is 13.3. The van der Waals surface area contributed by atoms with Gasteiger partial charge in [-0.3, -0.25) is 4.79 Å². The second-order valence-corrected chi connectivity index (χ2v) is 6.12. The van der Waals surface area contributed by atoms with Crippen molar-refractivity contribution in [1.82, 2.24) is 5.32 Å². The summed E-state index contributed by atoms with van der Waals surface area (Å²) in [6.07, 6.45) is 7.01. The van der Waals surface area contributed by atoms with Crippen molar-refractivity contribution in [2.75, 3.05) is 11.9 Å². The number of amides is 1. The van der Waals surface area contributed by atoms with E-state index < -0.39 is 0 Å². The van der Waals surface area contributed by atoms with Crippen LogP contribution in [0.25, 0.3) is 0 Å². The maximum atomic E-state index is 12.4. The molecule has 1 fully saturated rings. The minimum atomic E-state index is -0.0121. The third-order valence-electron chi connectivity index (χ3n) is 4.45. The Morgan fingerprint density at radius 3 is 2.84 bits per heavy atom. The van der Waals surface area contributed by atoms with E-state index in [1.807, 2.05) is 12.1 Å². The number of benzene rings is 1. The van der Waals surface area contributed by atoms with Gasteiger partial charge in [0.15, 0.2) is 0 Å². The summed E-state index contributed by atoms with van der Waals surface area (Å²) in [6.45, 7) is 3.16. The third kappa shape index (κ3) is 2.60. The van der Waals surface area contributed by atoms with Gasteiger partial charge in [-0.1, -0.05) is 25.3 Å². The van der Waals surface area contributed by atoms with Gasteiger partial charge in [0.1, 0.15) is 0 Å². The first-order valence-corrected chi connectivity index (χ1v) is 7.36. The van der Waals surface area contributed by atoms with Gasteiger partial charge in [0.05, 0.1) is 0 Å². The van der Waals surface area contributed by atoms with E-state index in [9.17, 15) is 4.79 Å². The van der Waals surface area contributed by atoms with Crippen LogP contribution in [0, 0.1) is 0 Å². The molecule has 0 aromatic heterocycles. The van der Waals surface area contributed by atoms with Gasteiger partial charge >= 0.3 is 0 Å². The fourth-order valence-corrected chi connectivity index (χ4v) is 3.24. The average Bonchev–Trinajstić information content (AvgIpc) is 2.86. The molecule has 0 radical (unpaired) electrons. The number of carbonyl (C=O) groups excluding carboxylic acids is 1. The molecule has 0 bridgehead atoms. The molecule has 2 N–H and O–H groups in total. The quantitative estimate of drug-likeness (QED) is 0.855. The van der Waals surface area contributed by atoms with E-state index in [0.29, 0.717) is 0 Å². The molecule has 3 rings (SSSR count). The molecule has 102 valence electrons. The standard InChI is InChI=1S/C16H22N2O/c1-16(8-3-2-4-9-16)18-15(19)13-6-5-12-7-10-17-14(12)11-13/h5-6,11,17H,2-4,7-10H2,1H3,(H,18,19). The van der Waals surface area contributed by atoms with Gasteiger partial charge in [-0.2, -0.15) is 0 Å². The molecule has 0 saturated heterocycles. The number of rotatable bonds is 2. The summed E-state index contributed by atoms with van der Waals surface area (Å²) in [5, 5.41) is 6.56. The Balaban J connectivity index is 1.73. The van der Waals surface area contributed by atoms with E-state index in [1.165, 1.54) is 24.8 Å². The smallest absolute Gasteiger partial charge is 0.251 e. The van der Waals surface area contributed by atoms with Crippen LogP contribution in [0.15, 0.2) is 18.2 Å². The number of carbonyl (C=O) groups is 1. The Morgan fingerprint density at radius 1 is 1.26 bits per heavy atom. The fourth-order valence-electron chi connectivity index (χ4n) is 3.24. The van der Waals surface area contributed by atoms with Gasteiger partial charge in [0.2, 0.25) is 0 Å². The lowest BCUT2D eigenvalue weighted by molar-refractivity contribution is 0.0883. The Labute approximate surface area is 114 Å². The largest absolute Gasteiger partial charge is 0.384 e. The fraction of sp³-hybridized carbons (Fsp3) is 0.562. The van der Waals surface area contributed by atoms with Gasteiger partial charge in [-0.05, 0) is 43.9 Å². The van der Waals surface area contributed by atoms with Gasteiger partial charge < -0.3 is 10.6 Å². The SMILES string of the molecule is CC1(NC(=O)c2ccc3c(c2)NCC3)CCCCC1. The van der Waals surface area contributed by atoms with E-state index in [0.717, 1.165) is 37.1 Å². The molecule has 1 aromatic rings. The molecule has 1 saturated carbocycles. The summed E-state index contributed by atoms with van der Waals surface area (Å²) >= 11 is 0. The number of fused-ring (bicyclic) bond motifs is 1. The molecule has 0 atom stereocenters. The van der Waals surface area contributed by atoms with E-state index >= 15 is 0 Å². The highest BCUT2D eigenvalue weighted by Gasteiger charge is 2.28. The maximum absolute atomic E-state index is 12.4. The van der Waals surface area contributed by atoms with Crippen molar-refractivity contribution in [2.24, 2.45) is 0 Å². The molecule has 1 aliphatic carbocycles. The van der Waals surface area contributed by atoms with Crippen LogP contribution >= 0.6 is 0 Å². The Kier molecular flexibility index (Phi) is 3.21. The zero-order valence-corrected chi connectivity index (χ0v) is 11.6. The van der Waals surface area contributed by atoms with Gasteiger partial charge in [0, 0.05) is 23.3 Å². The summed E-state index contributed by atoms with van der Waals surface area (Å²) in [7, 11) is 0. The Hall–Kier alpha value is -1.51. The predicted octanol–water partition coefficient (Wildman–Crippen LogP) is 3.11. The molecule has 3 heteroatoms. The highest BCUT2D eigenvalue weighted by molar-refractivity contribution is 5.96. The summed E-state index contributed by atoms with van der Waals surface area (Å²) < 4.78 is 0. The molecule has 1 aromatic carbocycles. The van der Waals surface area contributed by atoms with Crippen LogP contribution in [0.3, 0.4) is 0 Å². The van der Waals surface area contributed by atoms with E-state index in [4.69, 9.17) is 0 Å². The summed E-state index contributed by atoms with van der Waals surface area (Å²) in [4.78, 5) is 12.4. The van der Waals surface area contributed by atoms with Crippen molar-refractivity contribution in [3.63, 3.8) is 0 Å². The first-order valence-electron chi connectivity index (χ1n) is 7.36. The van der Waals surface area contributed by atoms with Crippen molar-refractivity contribution in [1.29, 1.82) is 0 Å². The van der Waals surface area contributed by atoms with Crippen molar-refractivity contribution < 1.29 is 4.79 Å². The van der Waals surface area contributed by atoms with E-state index in [2.05, 4.69) is 23.6 Å². The van der Waals surface area contributed by atoms with Crippen molar-refractivity contribution in [3.05, 3.63) is 29.3 Å². The molecule has 1 amide bonds. The molecule has 19 heavy (non-hydrogen) atoms. The monoisotopic (exact) mass is 258 g/mol. The van der Waals surface area contributed by atoms with Crippen LogP contribution in [0.1, 0.15) is 54.9 Å². The average molecular weight is 258 g/mol. The summed E-state index contributed by atoms with van der Waals surface area (Å²) in [5.41, 5.74) is 3.21. The molecular formula is C16H22N2O. The lowest BCUT2D eigenvalue weighted by atomic mass is 9.83. The van der Waals surface area contributed by atoms with E-state index in [1.54, 1.807) is 0 Å². The van der Waals surface area contributed by atoms with E-state index in [-0.39, 0.29) is 11.4 Å².